The highest BCUT2D eigenvalue weighted by atomic mass is 35.5. The van der Waals surface area contributed by atoms with Gasteiger partial charge in [0.25, 0.3) is 5.91 Å². The first-order valence-electron chi connectivity index (χ1n) is 4.58. The van der Waals surface area contributed by atoms with Crippen LogP contribution in [0, 0.1) is 0 Å². The normalized spacial score (nSPS) is 10.8. The van der Waals surface area contributed by atoms with Crippen LogP contribution >= 0.6 is 11.6 Å². The highest BCUT2D eigenvalue weighted by Gasteiger charge is 1.98. The fourth-order valence-electron chi connectivity index (χ4n) is 1.14. The minimum absolute atomic E-state index is 0.243. The summed E-state index contributed by atoms with van der Waals surface area (Å²) in [6.45, 7) is 0. The molecular weight excluding hydrogens is 226 g/mol. The number of hydrogen-bond acceptors (Lipinski definition) is 3. The van der Waals surface area contributed by atoms with Crippen LogP contribution in [-0.2, 0) is 0 Å². The van der Waals surface area contributed by atoms with E-state index in [-0.39, 0.29) is 5.91 Å². The van der Waals surface area contributed by atoms with E-state index < -0.39 is 0 Å². The number of rotatable bonds is 2. The summed E-state index contributed by atoms with van der Waals surface area (Å²) in [7, 11) is 0. The van der Waals surface area contributed by atoms with E-state index in [9.17, 15) is 4.79 Å². The van der Waals surface area contributed by atoms with Crippen molar-refractivity contribution in [2.24, 2.45) is 0 Å². The molecule has 1 aromatic carbocycles. The van der Waals surface area contributed by atoms with E-state index in [4.69, 9.17) is 11.6 Å². The summed E-state index contributed by atoms with van der Waals surface area (Å²) in [4.78, 5) is 15.2. The van der Waals surface area contributed by atoms with Gasteiger partial charge in [-0.1, -0.05) is 23.7 Å². The number of carbonyl (C=O) groups excluding carboxylic acids is 1. The third-order valence-electron chi connectivity index (χ3n) is 1.93. The van der Waals surface area contributed by atoms with Gasteiger partial charge in [-0.05, 0) is 23.8 Å². The maximum absolute atomic E-state index is 11.5. The van der Waals surface area contributed by atoms with Crippen LogP contribution in [0.2, 0.25) is 5.02 Å². The molecule has 0 atom stereocenters. The van der Waals surface area contributed by atoms with Crippen LogP contribution in [0.3, 0.4) is 0 Å². The van der Waals surface area contributed by atoms with Gasteiger partial charge < -0.3 is 0 Å². The number of halogens is 1. The van der Waals surface area contributed by atoms with Gasteiger partial charge in [-0.2, -0.15) is 9.78 Å². The lowest BCUT2D eigenvalue weighted by Gasteiger charge is -1.94. The van der Waals surface area contributed by atoms with Crippen LogP contribution in [-0.4, -0.2) is 20.7 Å². The van der Waals surface area contributed by atoms with E-state index in [2.05, 4.69) is 10.1 Å². The van der Waals surface area contributed by atoms with Crippen molar-refractivity contribution in [1.29, 1.82) is 0 Å². The quantitative estimate of drug-likeness (QED) is 0.748. The molecule has 0 fully saturated rings. The summed E-state index contributed by atoms with van der Waals surface area (Å²) in [6, 6.07) is 7.18. The van der Waals surface area contributed by atoms with Crippen molar-refractivity contribution in [2.45, 2.75) is 0 Å². The van der Waals surface area contributed by atoms with E-state index in [1.165, 1.54) is 18.7 Å². The molecule has 0 spiro atoms. The highest BCUT2D eigenvalue weighted by Crippen LogP contribution is 2.10. The number of benzene rings is 1. The fourth-order valence-corrected chi connectivity index (χ4v) is 1.27. The molecule has 2 aromatic rings. The fraction of sp³-hybridized carbons (Fsp3) is 0. The Hall–Kier alpha value is -1.94. The molecule has 0 amide bonds. The van der Waals surface area contributed by atoms with Crippen molar-refractivity contribution >= 4 is 23.6 Å². The van der Waals surface area contributed by atoms with E-state index >= 15 is 0 Å². The van der Waals surface area contributed by atoms with Gasteiger partial charge in [0.2, 0.25) is 0 Å². The first-order chi connectivity index (χ1) is 7.75. The zero-order chi connectivity index (χ0) is 11.4. The van der Waals surface area contributed by atoms with E-state index in [0.29, 0.717) is 5.02 Å². The van der Waals surface area contributed by atoms with Gasteiger partial charge >= 0.3 is 0 Å². The second-order valence-electron chi connectivity index (χ2n) is 3.06. The molecule has 4 nitrogen and oxygen atoms in total. The van der Waals surface area contributed by atoms with Gasteiger partial charge in [0.1, 0.15) is 12.7 Å². The smallest absolute Gasteiger partial charge is 0.267 e. The van der Waals surface area contributed by atoms with Gasteiger partial charge in [-0.25, -0.2) is 4.98 Å². The molecule has 0 bridgehead atoms. The van der Waals surface area contributed by atoms with Crippen molar-refractivity contribution in [3.05, 3.63) is 53.6 Å². The van der Waals surface area contributed by atoms with E-state index in [0.717, 1.165) is 10.2 Å². The summed E-state index contributed by atoms with van der Waals surface area (Å²) in [5.74, 6) is -0.243. The van der Waals surface area contributed by atoms with Crippen LogP contribution in [0.5, 0.6) is 0 Å². The Morgan fingerprint density at radius 1 is 1.31 bits per heavy atom. The standard InChI is InChI=1S/C11H8ClN3O/c12-10-4-1-9(2-5-10)3-6-11(16)15-8-13-7-14-15/h1-8H. The van der Waals surface area contributed by atoms with Crippen molar-refractivity contribution in [3.8, 4) is 0 Å². The summed E-state index contributed by atoms with van der Waals surface area (Å²) < 4.78 is 1.16. The number of allylic oxidation sites excluding steroid dienone is 1. The maximum atomic E-state index is 11.5. The Balaban J connectivity index is 2.10. The maximum Gasteiger partial charge on any atom is 0.272 e. The Kier molecular flexibility index (Phi) is 3.12. The predicted octanol–water partition coefficient (Wildman–Crippen LogP) is 2.29. The lowest BCUT2D eigenvalue weighted by atomic mass is 10.2. The topological polar surface area (TPSA) is 47.8 Å². The van der Waals surface area contributed by atoms with E-state index in [1.54, 1.807) is 18.2 Å². The van der Waals surface area contributed by atoms with Gasteiger partial charge in [-0.15, -0.1) is 0 Å². The Labute approximate surface area is 97.2 Å². The van der Waals surface area contributed by atoms with Crippen LogP contribution in [0.15, 0.2) is 43.0 Å². The van der Waals surface area contributed by atoms with Crippen molar-refractivity contribution in [2.75, 3.05) is 0 Å². The number of hydrogen-bond donors (Lipinski definition) is 0. The minimum atomic E-state index is -0.243. The van der Waals surface area contributed by atoms with Crippen molar-refractivity contribution in [1.82, 2.24) is 14.8 Å². The summed E-state index contributed by atoms with van der Waals surface area (Å²) >= 11 is 5.74. The molecule has 0 unspecified atom stereocenters. The lowest BCUT2D eigenvalue weighted by molar-refractivity contribution is 0.0955. The second kappa shape index (κ2) is 4.72. The molecular formula is C11H8ClN3O. The van der Waals surface area contributed by atoms with Crippen molar-refractivity contribution in [3.63, 3.8) is 0 Å². The lowest BCUT2D eigenvalue weighted by Crippen LogP contribution is -2.06. The highest BCUT2D eigenvalue weighted by molar-refractivity contribution is 6.30. The molecule has 1 heterocycles. The molecule has 2 rings (SSSR count). The Morgan fingerprint density at radius 3 is 2.69 bits per heavy atom. The summed E-state index contributed by atoms with van der Waals surface area (Å²) in [6.07, 6.45) is 5.79. The summed E-state index contributed by atoms with van der Waals surface area (Å²) in [5, 5.41) is 4.39. The molecule has 1 aromatic heterocycles. The monoisotopic (exact) mass is 233 g/mol. The average molecular weight is 234 g/mol. The van der Waals surface area contributed by atoms with E-state index in [1.807, 2.05) is 12.1 Å². The molecule has 0 saturated heterocycles. The van der Waals surface area contributed by atoms with Gasteiger partial charge in [-0.3, -0.25) is 4.79 Å². The molecule has 0 aliphatic heterocycles. The molecule has 0 aliphatic carbocycles. The van der Waals surface area contributed by atoms with Crippen LogP contribution in [0.1, 0.15) is 10.4 Å². The van der Waals surface area contributed by atoms with Gasteiger partial charge in [0.05, 0.1) is 0 Å². The third-order valence-corrected chi connectivity index (χ3v) is 2.18. The predicted molar refractivity (Wildman–Crippen MR) is 61.1 cm³/mol. The van der Waals surface area contributed by atoms with Crippen LogP contribution < -0.4 is 0 Å². The third kappa shape index (κ3) is 2.55. The molecule has 16 heavy (non-hydrogen) atoms. The van der Waals surface area contributed by atoms with Gasteiger partial charge in [0, 0.05) is 11.1 Å². The number of aromatic nitrogens is 3. The molecule has 0 aliphatic rings. The largest absolute Gasteiger partial charge is 0.272 e. The average Bonchev–Trinajstić information content (AvgIpc) is 2.81. The Bertz CT molecular complexity index is 503. The van der Waals surface area contributed by atoms with Crippen LogP contribution in [0.25, 0.3) is 6.08 Å². The first kappa shape index (κ1) is 10.6. The number of carbonyl (C=O) groups is 1. The zero-order valence-electron chi connectivity index (χ0n) is 8.25. The summed E-state index contributed by atoms with van der Waals surface area (Å²) in [5.41, 5.74) is 0.901. The van der Waals surface area contributed by atoms with Crippen molar-refractivity contribution < 1.29 is 4.79 Å². The Morgan fingerprint density at radius 2 is 2.06 bits per heavy atom. The van der Waals surface area contributed by atoms with Gasteiger partial charge in [0.15, 0.2) is 0 Å². The zero-order valence-corrected chi connectivity index (χ0v) is 9.00. The second-order valence-corrected chi connectivity index (χ2v) is 3.50. The molecule has 80 valence electrons. The minimum Gasteiger partial charge on any atom is -0.267 e. The SMILES string of the molecule is O=C(C=Cc1ccc(Cl)cc1)n1cncn1. The van der Waals surface area contributed by atoms with Crippen LogP contribution in [0.4, 0.5) is 0 Å². The molecule has 0 radical (unpaired) electrons. The number of nitrogens with zero attached hydrogens (tertiary/aromatic N) is 3. The first-order valence-corrected chi connectivity index (χ1v) is 4.96. The molecule has 0 N–H and O–H groups in total. The molecule has 5 heteroatoms. The molecule has 0 saturated carbocycles.